The van der Waals surface area contributed by atoms with E-state index in [1.54, 1.807) is 6.26 Å². The highest BCUT2D eigenvalue weighted by molar-refractivity contribution is 5.52. The molecule has 21 heavy (non-hydrogen) atoms. The molecule has 0 bridgehead atoms. The zero-order valence-electron chi connectivity index (χ0n) is 12.6. The molecule has 1 aromatic heterocycles. The van der Waals surface area contributed by atoms with Gasteiger partial charge in [-0.1, -0.05) is 32.0 Å². The summed E-state index contributed by atoms with van der Waals surface area (Å²) in [7, 11) is 0. The summed E-state index contributed by atoms with van der Waals surface area (Å²) in [6, 6.07) is 11.8. The van der Waals surface area contributed by atoms with Crippen molar-refractivity contribution >= 4 is 5.69 Å². The van der Waals surface area contributed by atoms with Crippen LogP contribution in [0.5, 0.6) is 0 Å². The zero-order chi connectivity index (χ0) is 15.1. The first-order chi connectivity index (χ1) is 10.2. The van der Waals surface area contributed by atoms with Crippen LogP contribution in [-0.4, -0.2) is 24.4 Å². The Labute approximate surface area is 125 Å². The molecule has 2 N–H and O–H groups in total. The smallest absolute Gasteiger partial charge is 0.129 e. The number of nitrogens with one attached hydrogen (secondary N) is 1. The number of aliphatic hydroxyl groups excluding tert-OH is 1. The lowest BCUT2D eigenvalue weighted by Gasteiger charge is -2.17. The van der Waals surface area contributed by atoms with Crippen molar-refractivity contribution in [2.45, 2.75) is 32.5 Å². The van der Waals surface area contributed by atoms with E-state index in [9.17, 15) is 5.11 Å². The molecular formula is C17H23NO3. The van der Waals surface area contributed by atoms with Gasteiger partial charge in [-0.2, -0.15) is 0 Å². The van der Waals surface area contributed by atoms with Gasteiger partial charge in [-0.05, 0) is 29.7 Å². The predicted octanol–water partition coefficient (Wildman–Crippen LogP) is 3.39. The summed E-state index contributed by atoms with van der Waals surface area (Å²) in [6.07, 6.45) is 1.06. The zero-order valence-corrected chi connectivity index (χ0v) is 12.6. The summed E-state index contributed by atoms with van der Waals surface area (Å²) >= 11 is 0. The van der Waals surface area contributed by atoms with E-state index >= 15 is 0 Å². The minimum atomic E-state index is -0.555. The van der Waals surface area contributed by atoms with Crippen LogP contribution in [0.4, 0.5) is 5.69 Å². The fraction of sp³-hybridized carbons (Fsp3) is 0.412. The first-order valence-corrected chi connectivity index (χ1v) is 7.28. The second-order valence-corrected chi connectivity index (χ2v) is 5.37. The van der Waals surface area contributed by atoms with E-state index in [1.165, 1.54) is 5.56 Å². The molecule has 0 spiro atoms. The normalized spacial score (nSPS) is 12.6. The van der Waals surface area contributed by atoms with Crippen LogP contribution in [-0.2, 0) is 11.3 Å². The number of aliphatic hydroxyl groups is 1. The monoisotopic (exact) mass is 289 g/mol. The fourth-order valence-corrected chi connectivity index (χ4v) is 2.14. The number of benzene rings is 1. The van der Waals surface area contributed by atoms with Crippen molar-refractivity contribution < 1.29 is 14.3 Å². The Bertz CT molecular complexity index is 523. The van der Waals surface area contributed by atoms with Crippen LogP contribution < -0.4 is 5.32 Å². The van der Waals surface area contributed by atoms with E-state index in [4.69, 9.17) is 9.15 Å². The van der Waals surface area contributed by atoms with Crippen LogP contribution in [0.3, 0.4) is 0 Å². The molecule has 0 radical (unpaired) electrons. The van der Waals surface area contributed by atoms with E-state index < -0.39 is 6.10 Å². The van der Waals surface area contributed by atoms with Crippen LogP contribution in [0.15, 0.2) is 47.1 Å². The number of hydrogen-bond donors (Lipinski definition) is 2. The van der Waals surface area contributed by atoms with Crippen LogP contribution in [0.1, 0.15) is 31.1 Å². The van der Waals surface area contributed by atoms with Crippen LogP contribution in [0.25, 0.3) is 0 Å². The van der Waals surface area contributed by atoms with Crippen molar-refractivity contribution in [3.8, 4) is 0 Å². The second-order valence-electron chi connectivity index (χ2n) is 5.37. The molecule has 0 aliphatic heterocycles. The maximum absolute atomic E-state index is 9.95. The summed E-state index contributed by atoms with van der Waals surface area (Å²) in [4.78, 5) is 0. The Kier molecular flexibility index (Phi) is 5.84. The molecule has 0 saturated heterocycles. The molecule has 2 rings (SSSR count). The molecule has 1 heterocycles. The van der Waals surface area contributed by atoms with Gasteiger partial charge in [0, 0.05) is 12.2 Å². The molecule has 1 aromatic carbocycles. The number of para-hydroxylation sites is 1. The number of ether oxygens (including phenoxy) is 1. The molecule has 1 atom stereocenters. The first kappa shape index (κ1) is 15.6. The lowest BCUT2D eigenvalue weighted by atomic mass is 10.0. The number of anilines is 1. The lowest BCUT2D eigenvalue weighted by molar-refractivity contribution is 0.0282. The molecule has 4 heteroatoms. The van der Waals surface area contributed by atoms with Crippen molar-refractivity contribution in [1.82, 2.24) is 0 Å². The van der Waals surface area contributed by atoms with Gasteiger partial charge < -0.3 is 19.6 Å². The highest BCUT2D eigenvalue weighted by Gasteiger charge is 2.09. The molecule has 0 saturated carbocycles. The van der Waals surface area contributed by atoms with Crippen LogP contribution >= 0.6 is 0 Å². The van der Waals surface area contributed by atoms with Crippen molar-refractivity contribution in [3.05, 3.63) is 54.0 Å². The standard InChI is InChI=1S/C17H23NO3/c1-13(2)16-7-3-4-8-17(16)18-10-14(19)11-20-12-15-6-5-9-21-15/h3-9,13-14,18-19H,10-12H2,1-2H3. The van der Waals surface area contributed by atoms with E-state index in [-0.39, 0.29) is 6.61 Å². The fourth-order valence-electron chi connectivity index (χ4n) is 2.14. The second kappa shape index (κ2) is 7.86. The van der Waals surface area contributed by atoms with Gasteiger partial charge >= 0.3 is 0 Å². The van der Waals surface area contributed by atoms with Crippen molar-refractivity contribution in [1.29, 1.82) is 0 Å². The molecular weight excluding hydrogens is 266 g/mol. The van der Waals surface area contributed by atoms with Gasteiger partial charge in [0.1, 0.15) is 12.4 Å². The lowest BCUT2D eigenvalue weighted by Crippen LogP contribution is -2.25. The number of furan rings is 1. The topological polar surface area (TPSA) is 54.6 Å². The van der Waals surface area contributed by atoms with Crippen molar-refractivity contribution in [2.75, 3.05) is 18.5 Å². The summed E-state index contributed by atoms with van der Waals surface area (Å²) in [5, 5.41) is 13.2. The molecule has 0 aliphatic carbocycles. The Balaban J connectivity index is 1.75. The van der Waals surface area contributed by atoms with Gasteiger partial charge in [0.25, 0.3) is 0 Å². The SMILES string of the molecule is CC(C)c1ccccc1NCC(O)COCc1ccco1. The van der Waals surface area contributed by atoms with Crippen molar-refractivity contribution in [2.24, 2.45) is 0 Å². The highest BCUT2D eigenvalue weighted by Crippen LogP contribution is 2.23. The van der Waals surface area contributed by atoms with Crippen LogP contribution in [0.2, 0.25) is 0 Å². The van der Waals surface area contributed by atoms with Gasteiger partial charge in [-0.3, -0.25) is 0 Å². The summed E-state index contributed by atoms with van der Waals surface area (Å²) in [5.74, 6) is 1.21. The molecule has 4 nitrogen and oxygen atoms in total. The van der Waals surface area contributed by atoms with Gasteiger partial charge in [-0.15, -0.1) is 0 Å². The molecule has 1 unspecified atom stereocenters. The molecule has 114 valence electrons. The van der Waals surface area contributed by atoms with Gasteiger partial charge in [-0.25, -0.2) is 0 Å². The Hall–Kier alpha value is -1.78. The molecule has 0 fully saturated rings. The highest BCUT2D eigenvalue weighted by atomic mass is 16.5. The van der Waals surface area contributed by atoms with E-state index in [2.05, 4.69) is 25.2 Å². The quantitative estimate of drug-likeness (QED) is 0.782. The van der Waals surface area contributed by atoms with Crippen LogP contribution in [0, 0.1) is 0 Å². The minimum Gasteiger partial charge on any atom is -0.467 e. The molecule has 2 aromatic rings. The summed E-state index contributed by atoms with van der Waals surface area (Å²) < 4.78 is 10.6. The van der Waals surface area contributed by atoms with Crippen molar-refractivity contribution in [3.63, 3.8) is 0 Å². The van der Waals surface area contributed by atoms with E-state index in [1.807, 2.05) is 30.3 Å². The predicted molar refractivity (Wildman–Crippen MR) is 83.4 cm³/mol. The van der Waals surface area contributed by atoms with E-state index in [0.717, 1.165) is 11.4 Å². The average Bonchev–Trinajstić information content (AvgIpc) is 2.98. The van der Waals surface area contributed by atoms with Gasteiger partial charge in [0.15, 0.2) is 0 Å². The molecule has 0 aliphatic rings. The Morgan fingerprint density at radius 1 is 1.19 bits per heavy atom. The third kappa shape index (κ3) is 4.92. The average molecular weight is 289 g/mol. The third-order valence-corrected chi connectivity index (χ3v) is 3.25. The van der Waals surface area contributed by atoms with Gasteiger partial charge in [0.2, 0.25) is 0 Å². The first-order valence-electron chi connectivity index (χ1n) is 7.28. The Morgan fingerprint density at radius 3 is 2.71 bits per heavy atom. The largest absolute Gasteiger partial charge is 0.467 e. The molecule has 0 amide bonds. The number of hydrogen-bond acceptors (Lipinski definition) is 4. The summed E-state index contributed by atoms with van der Waals surface area (Å²) in [6.45, 7) is 5.43. The van der Waals surface area contributed by atoms with E-state index in [0.29, 0.717) is 19.1 Å². The maximum atomic E-state index is 9.95. The summed E-state index contributed by atoms with van der Waals surface area (Å²) in [5.41, 5.74) is 2.32. The maximum Gasteiger partial charge on any atom is 0.129 e. The van der Waals surface area contributed by atoms with Gasteiger partial charge in [0.05, 0.1) is 19.0 Å². The Morgan fingerprint density at radius 2 is 2.00 bits per heavy atom. The third-order valence-electron chi connectivity index (χ3n) is 3.25. The number of rotatable bonds is 8. The minimum absolute atomic E-state index is 0.275.